The van der Waals surface area contributed by atoms with Gasteiger partial charge in [0.2, 0.25) is 5.91 Å². The van der Waals surface area contributed by atoms with E-state index in [9.17, 15) is 18.0 Å². The van der Waals surface area contributed by atoms with Gasteiger partial charge in [-0.05, 0) is 42.1 Å². The average Bonchev–Trinajstić information content (AvgIpc) is 3.41. The fourth-order valence-corrected chi connectivity index (χ4v) is 6.28. The van der Waals surface area contributed by atoms with Crippen molar-refractivity contribution in [2.24, 2.45) is 0 Å². The minimum atomic E-state index is -3.43. The standard InChI is InChI=1S/C20H23N3O4S2/c24-18(16-5-7-17(8-6-16)23-9-1-3-19(23)25)15-21-10-12-22(13-11-21)29(26,27)20-4-2-14-28-20/h2,4-8,14H,1,3,9-13,15H2. The predicted octanol–water partition coefficient (Wildman–Crippen LogP) is 2.06. The van der Waals surface area contributed by atoms with Gasteiger partial charge in [-0.2, -0.15) is 4.31 Å². The van der Waals surface area contributed by atoms with Crippen molar-refractivity contribution >= 4 is 38.7 Å². The smallest absolute Gasteiger partial charge is 0.252 e. The van der Waals surface area contributed by atoms with E-state index in [-0.39, 0.29) is 18.2 Å². The quantitative estimate of drug-likeness (QED) is 0.652. The second-order valence-electron chi connectivity index (χ2n) is 7.23. The molecule has 0 unspecified atom stereocenters. The van der Waals surface area contributed by atoms with E-state index >= 15 is 0 Å². The average molecular weight is 434 g/mol. The van der Waals surface area contributed by atoms with E-state index in [0.29, 0.717) is 42.4 Å². The number of nitrogens with zero attached hydrogens (tertiary/aromatic N) is 3. The van der Waals surface area contributed by atoms with Crippen LogP contribution in [0.5, 0.6) is 0 Å². The zero-order chi connectivity index (χ0) is 20.4. The number of sulfonamides is 1. The molecular formula is C20H23N3O4S2. The zero-order valence-electron chi connectivity index (χ0n) is 16.0. The van der Waals surface area contributed by atoms with E-state index in [4.69, 9.17) is 0 Å². The van der Waals surface area contributed by atoms with E-state index < -0.39 is 10.0 Å². The molecule has 0 spiro atoms. The predicted molar refractivity (Wildman–Crippen MR) is 112 cm³/mol. The van der Waals surface area contributed by atoms with Crippen LogP contribution in [0.3, 0.4) is 0 Å². The Balaban J connectivity index is 1.32. The van der Waals surface area contributed by atoms with Gasteiger partial charge in [-0.3, -0.25) is 14.5 Å². The summed E-state index contributed by atoms with van der Waals surface area (Å²) in [6.07, 6.45) is 1.45. The third kappa shape index (κ3) is 4.28. The van der Waals surface area contributed by atoms with Gasteiger partial charge in [0, 0.05) is 50.4 Å². The summed E-state index contributed by atoms with van der Waals surface area (Å²) < 4.78 is 27.0. The molecule has 2 saturated heterocycles. The molecule has 0 aliphatic carbocycles. The van der Waals surface area contributed by atoms with Gasteiger partial charge < -0.3 is 4.90 Å². The highest BCUT2D eigenvalue weighted by Gasteiger charge is 2.30. The first-order chi connectivity index (χ1) is 13.9. The van der Waals surface area contributed by atoms with Gasteiger partial charge >= 0.3 is 0 Å². The van der Waals surface area contributed by atoms with Crippen molar-refractivity contribution in [3.8, 4) is 0 Å². The van der Waals surface area contributed by atoms with E-state index in [1.165, 1.54) is 15.6 Å². The molecule has 2 aromatic rings. The fraction of sp³-hybridized carbons (Fsp3) is 0.400. The van der Waals surface area contributed by atoms with Crippen LogP contribution in [0.4, 0.5) is 5.69 Å². The Hall–Kier alpha value is -2.07. The molecule has 29 heavy (non-hydrogen) atoms. The first-order valence-corrected chi connectivity index (χ1v) is 12.0. The Kier molecular flexibility index (Phi) is 5.82. The number of rotatable bonds is 6. The topological polar surface area (TPSA) is 78.0 Å². The van der Waals surface area contributed by atoms with Gasteiger partial charge in [-0.15, -0.1) is 11.3 Å². The zero-order valence-corrected chi connectivity index (χ0v) is 17.6. The number of ketones is 1. The summed E-state index contributed by atoms with van der Waals surface area (Å²) in [4.78, 5) is 28.2. The molecule has 3 heterocycles. The number of Topliss-reactive ketones (excluding diaryl/α,β-unsaturated/α-hetero) is 1. The molecule has 2 aliphatic rings. The number of carbonyl (C=O) groups excluding carboxylic acids is 2. The summed E-state index contributed by atoms with van der Waals surface area (Å²) in [5, 5.41) is 1.76. The van der Waals surface area contributed by atoms with Crippen LogP contribution in [0.25, 0.3) is 0 Å². The molecule has 1 aromatic heterocycles. The largest absolute Gasteiger partial charge is 0.312 e. The SMILES string of the molecule is O=C(CN1CCN(S(=O)(=O)c2cccs2)CC1)c1ccc(N2CCCC2=O)cc1. The van der Waals surface area contributed by atoms with Crippen LogP contribution in [-0.4, -0.2) is 68.6 Å². The molecule has 7 nitrogen and oxygen atoms in total. The van der Waals surface area contributed by atoms with Crippen LogP contribution in [0, 0.1) is 0 Å². The highest BCUT2D eigenvalue weighted by atomic mass is 32.2. The van der Waals surface area contributed by atoms with Crippen LogP contribution in [-0.2, 0) is 14.8 Å². The van der Waals surface area contributed by atoms with Crippen molar-refractivity contribution in [2.45, 2.75) is 17.1 Å². The third-order valence-corrected chi connectivity index (χ3v) is 8.63. The second kappa shape index (κ2) is 8.35. The molecule has 4 rings (SSSR count). The van der Waals surface area contributed by atoms with Crippen molar-refractivity contribution in [1.29, 1.82) is 0 Å². The lowest BCUT2D eigenvalue weighted by Gasteiger charge is -2.33. The van der Waals surface area contributed by atoms with Crippen molar-refractivity contribution in [2.75, 3.05) is 44.2 Å². The summed E-state index contributed by atoms with van der Waals surface area (Å²) in [5.74, 6) is 0.123. The molecule has 1 amide bonds. The first kappa shape index (κ1) is 20.2. The van der Waals surface area contributed by atoms with Crippen LogP contribution in [0.1, 0.15) is 23.2 Å². The first-order valence-electron chi connectivity index (χ1n) is 9.65. The fourth-order valence-electron chi connectivity index (χ4n) is 3.71. The van der Waals surface area contributed by atoms with Gasteiger partial charge in [0.05, 0.1) is 6.54 Å². The van der Waals surface area contributed by atoms with Crippen LogP contribution >= 0.6 is 11.3 Å². The molecule has 0 radical (unpaired) electrons. The number of amides is 1. The normalized spacial score (nSPS) is 19.0. The van der Waals surface area contributed by atoms with Gasteiger partial charge in [0.15, 0.2) is 5.78 Å². The van der Waals surface area contributed by atoms with Crippen molar-refractivity contribution in [3.63, 3.8) is 0 Å². The Labute approximate surface area is 174 Å². The molecule has 0 N–H and O–H groups in total. The monoisotopic (exact) mass is 433 g/mol. The number of hydrogen-bond donors (Lipinski definition) is 0. The summed E-state index contributed by atoms with van der Waals surface area (Å²) in [6.45, 7) is 2.79. The number of benzene rings is 1. The molecule has 0 saturated carbocycles. The molecule has 2 aliphatic heterocycles. The van der Waals surface area contributed by atoms with E-state index in [0.717, 1.165) is 18.7 Å². The number of thiophene rings is 1. The van der Waals surface area contributed by atoms with Gasteiger partial charge in [0.25, 0.3) is 10.0 Å². The molecule has 0 atom stereocenters. The van der Waals surface area contributed by atoms with Crippen molar-refractivity contribution in [1.82, 2.24) is 9.21 Å². The Bertz CT molecular complexity index is 979. The Morgan fingerprint density at radius 3 is 2.31 bits per heavy atom. The molecule has 0 bridgehead atoms. The highest BCUT2D eigenvalue weighted by Crippen LogP contribution is 2.23. The summed E-state index contributed by atoms with van der Waals surface area (Å²) in [6, 6.07) is 10.5. The van der Waals surface area contributed by atoms with Gasteiger partial charge in [-0.1, -0.05) is 6.07 Å². The summed E-state index contributed by atoms with van der Waals surface area (Å²) in [5.41, 5.74) is 1.44. The number of anilines is 1. The lowest BCUT2D eigenvalue weighted by atomic mass is 10.1. The lowest BCUT2D eigenvalue weighted by molar-refractivity contribution is -0.117. The number of piperazine rings is 1. The molecule has 1 aromatic carbocycles. The molecule has 9 heteroatoms. The maximum atomic E-state index is 12.6. The van der Waals surface area contributed by atoms with Crippen LogP contribution < -0.4 is 4.90 Å². The van der Waals surface area contributed by atoms with E-state index in [2.05, 4.69) is 0 Å². The Morgan fingerprint density at radius 2 is 1.72 bits per heavy atom. The maximum absolute atomic E-state index is 12.6. The van der Waals surface area contributed by atoms with Crippen LogP contribution in [0.15, 0.2) is 46.0 Å². The van der Waals surface area contributed by atoms with E-state index in [1.54, 1.807) is 34.5 Å². The summed E-state index contributed by atoms with van der Waals surface area (Å²) >= 11 is 1.22. The lowest BCUT2D eigenvalue weighted by Crippen LogP contribution is -2.49. The van der Waals surface area contributed by atoms with Crippen molar-refractivity contribution in [3.05, 3.63) is 47.3 Å². The molecule has 154 valence electrons. The van der Waals surface area contributed by atoms with Gasteiger partial charge in [-0.25, -0.2) is 8.42 Å². The highest BCUT2D eigenvalue weighted by molar-refractivity contribution is 7.91. The second-order valence-corrected chi connectivity index (χ2v) is 10.3. The maximum Gasteiger partial charge on any atom is 0.252 e. The summed E-state index contributed by atoms with van der Waals surface area (Å²) in [7, 11) is -3.43. The third-order valence-electron chi connectivity index (χ3n) is 5.36. The van der Waals surface area contributed by atoms with Crippen molar-refractivity contribution < 1.29 is 18.0 Å². The van der Waals surface area contributed by atoms with E-state index in [1.807, 2.05) is 17.0 Å². The van der Waals surface area contributed by atoms with Gasteiger partial charge in [0.1, 0.15) is 4.21 Å². The van der Waals surface area contributed by atoms with Crippen LogP contribution in [0.2, 0.25) is 0 Å². The molecule has 2 fully saturated rings. The minimum Gasteiger partial charge on any atom is -0.312 e. The number of carbonyl (C=O) groups is 2. The minimum absolute atomic E-state index is 0.00105. The molecular weight excluding hydrogens is 410 g/mol. The number of hydrogen-bond acceptors (Lipinski definition) is 6. The Morgan fingerprint density at radius 1 is 1.00 bits per heavy atom.